The van der Waals surface area contributed by atoms with E-state index in [1.54, 1.807) is 48.4 Å². The van der Waals surface area contributed by atoms with Crippen molar-refractivity contribution in [3.8, 4) is 28.5 Å². The molecule has 1 aliphatic rings. The van der Waals surface area contributed by atoms with Crippen molar-refractivity contribution in [3.63, 3.8) is 0 Å². The number of hydrogen-bond acceptors (Lipinski definition) is 8. The summed E-state index contributed by atoms with van der Waals surface area (Å²) >= 11 is 0. The molecule has 4 heterocycles. The van der Waals surface area contributed by atoms with E-state index in [-0.39, 0.29) is 11.8 Å². The van der Waals surface area contributed by atoms with Crippen LogP contribution in [-0.2, 0) is 7.05 Å². The van der Waals surface area contributed by atoms with Crippen LogP contribution in [0.3, 0.4) is 0 Å². The first-order valence-electron chi connectivity index (χ1n) is 9.70. The SMILES string of the molecule is COc1ccccc1-c1cc(C(=O)N2CC(c3nc(-c4cnccn4)no3)C2)n(C)n1. The number of hydrogen-bond donors (Lipinski definition) is 0. The summed E-state index contributed by atoms with van der Waals surface area (Å²) in [4.78, 5) is 27.3. The maximum atomic E-state index is 13.0. The molecular weight excluding hydrogens is 398 g/mol. The number of ether oxygens (including phenoxy) is 1. The van der Waals surface area contributed by atoms with E-state index in [4.69, 9.17) is 9.26 Å². The van der Waals surface area contributed by atoms with Crippen molar-refractivity contribution >= 4 is 5.91 Å². The fourth-order valence-electron chi connectivity index (χ4n) is 3.54. The lowest BCUT2D eigenvalue weighted by molar-refractivity contribution is 0.0558. The number of likely N-dealkylation sites (tertiary alicyclic amines) is 1. The molecule has 0 unspecified atom stereocenters. The Labute approximate surface area is 177 Å². The lowest BCUT2D eigenvalue weighted by Gasteiger charge is -2.36. The van der Waals surface area contributed by atoms with Crippen molar-refractivity contribution in [1.82, 2.24) is 34.8 Å². The monoisotopic (exact) mass is 417 g/mol. The molecule has 31 heavy (non-hydrogen) atoms. The van der Waals surface area contributed by atoms with Gasteiger partial charge in [0.25, 0.3) is 5.91 Å². The first-order valence-corrected chi connectivity index (χ1v) is 9.70. The molecule has 3 aromatic heterocycles. The number of aromatic nitrogens is 6. The van der Waals surface area contributed by atoms with Gasteiger partial charge in [-0.05, 0) is 18.2 Å². The minimum atomic E-state index is -0.0962. The van der Waals surface area contributed by atoms with Crippen LogP contribution in [0.25, 0.3) is 22.8 Å². The van der Waals surface area contributed by atoms with Crippen LogP contribution in [-0.4, -0.2) is 60.9 Å². The van der Waals surface area contributed by atoms with Crippen molar-refractivity contribution in [1.29, 1.82) is 0 Å². The highest BCUT2D eigenvalue weighted by Gasteiger charge is 2.37. The Kier molecular flexibility index (Phi) is 4.66. The molecule has 1 amide bonds. The number of amides is 1. The number of carbonyl (C=O) groups is 1. The second kappa shape index (κ2) is 7.63. The minimum absolute atomic E-state index is 0.0104. The average molecular weight is 417 g/mol. The van der Waals surface area contributed by atoms with E-state index in [9.17, 15) is 4.79 Å². The lowest BCUT2D eigenvalue weighted by Crippen LogP contribution is -2.49. The minimum Gasteiger partial charge on any atom is -0.496 e. The van der Waals surface area contributed by atoms with Crippen LogP contribution in [0, 0.1) is 0 Å². The maximum Gasteiger partial charge on any atom is 0.272 e. The second-order valence-electron chi connectivity index (χ2n) is 7.19. The van der Waals surface area contributed by atoms with Gasteiger partial charge in [0.1, 0.15) is 17.1 Å². The maximum absolute atomic E-state index is 13.0. The summed E-state index contributed by atoms with van der Waals surface area (Å²) in [5.74, 6) is 1.48. The Morgan fingerprint density at radius 2 is 2.03 bits per heavy atom. The number of methoxy groups -OCH3 is 1. The molecule has 0 radical (unpaired) electrons. The van der Waals surface area contributed by atoms with Gasteiger partial charge in [-0.3, -0.25) is 14.5 Å². The predicted octanol–water partition coefficient (Wildman–Crippen LogP) is 2.18. The molecule has 5 rings (SSSR count). The van der Waals surface area contributed by atoms with E-state index in [1.807, 2.05) is 24.3 Å². The molecule has 0 N–H and O–H groups in total. The topological polar surface area (TPSA) is 112 Å². The summed E-state index contributed by atoms with van der Waals surface area (Å²) in [6, 6.07) is 9.37. The third kappa shape index (κ3) is 3.41. The summed E-state index contributed by atoms with van der Waals surface area (Å²) < 4.78 is 12.4. The molecule has 0 spiro atoms. The Balaban J connectivity index is 1.29. The van der Waals surface area contributed by atoms with E-state index in [2.05, 4.69) is 25.2 Å². The van der Waals surface area contributed by atoms with Crippen LogP contribution >= 0.6 is 0 Å². The fourth-order valence-corrected chi connectivity index (χ4v) is 3.54. The van der Waals surface area contributed by atoms with Gasteiger partial charge in [-0.2, -0.15) is 10.1 Å². The summed E-state index contributed by atoms with van der Waals surface area (Å²) in [6.07, 6.45) is 4.73. The molecular formula is C21H19N7O3. The summed E-state index contributed by atoms with van der Waals surface area (Å²) in [7, 11) is 3.37. The van der Waals surface area contributed by atoms with Crippen LogP contribution in [0.5, 0.6) is 5.75 Å². The zero-order valence-electron chi connectivity index (χ0n) is 17.0. The molecule has 0 bridgehead atoms. The third-order valence-corrected chi connectivity index (χ3v) is 5.23. The number of carbonyl (C=O) groups excluding carboxylic acids is 1. The van der Waals surface area contributed by atoms with Gasteiger partial charge in [-0.1, -0.05) is 17.3 Å². The molecule has 4 aromatic rings. The fraction of sp³-hybridized carbons (Fsp3) is 0.238. The Morgan fingerprint density at radius 1 is 1.19 bits per heavy atom. The van der Waals surface area contributed by atoms with Crippen molar-refractivity contribution in [2.75, 3.05) is 20.2 Å². The zero-order chi connectivity index (χ0) is 21.4. The highest BCUT2D eigenvalue weighted by atomic mass is 16.5. The molecule has 10 nitrogen and oxygen atoms in total. The van der Waals surface area contributed by atoms with Crippen molar-refractivity contribution < 1.29 is 14.1 Å². The molecule has 1 saturated heterocycles. The smallest absolute Gasteiger partial charge is 0.272 e. The van der Waals surface area contributed by atoms with Gasteiger partial charge in [0.15, 0.2) is 0 Å². The molecule has 1 aromatic carbocycles. The highest BCUT2D eigenvalue weighted by molar-refractivity contribution is 5.94. The van der Waals surface area contributed by atoms with Crippen LogP contribution in [0.15, 0.2) is 53.4 Å². The molecule has 1 fully saturated rings. The molecule has 1 aliphatic heterocycles. The lowest BCUT2D eigenvalue weighted by atomic mass is 9.99. The van der Waals surface area contributed by atoms with Gasteiger partial charge in [0.2, 0.25) is 11.7 Å². The number of nitrogens with zero attached hydrogens (tertiary/aromatic N) is 7. The molecule has 0 aliphatic carbocycles. The normalized spacial score (nSPS) is 13.8. The average Bonchev–Trinajstić information content (AvgIpc) is 3.40. The Hall–Kier alpha value is -4.08. The van der Waals surface area contributed by atoms with E-state index in [1.165, 1.54) is 0 Å². The van der Waals surface area contributed by atoms with Crippen LogP contribution in [0.4, 0.5) is 0 Å². The quantitative estimate of drug-likeness (QED) is 0.486. The van der Waals surface area contributed by atoms with E-state index < -0.39 is 0 Å². The van der Waals surface area contributed by atoms with Crippen LogP contribution in [0.2, 0.25) is 0 Å². The van der Waals surface area contributed by atoms with Crippen molar-refractivity contribution in [2.45, 2.75) is 5.92 Å². The number of benzene rings is 1. The van der Waals surface area contributed by atoms with Gasteiger partial charge in [-0.15, -0.1) is 0 Å². The van der Waals surface area contributed by atoms with Crippen molar-refractivity contribution in [3.05, 3.63) is 60.5 Å². The molecule has 10 heteroatoms. The van der Waals surface area contributed by atoms with Crippen LogP contribution < -0.4 is 4.74 Å². The first-order chi connectivity index (χ1) is 15.1. The molecule has 156 valence electrons. The van der Waals surface area contributed by atoms with E-state index >= 15 is 0 Å². The zero-order valence-corrected chi connectivity index (χ0v) is 17.0. The number of rotatable bonds is 5. The van der Waals surface area contributed by atoms with Crippen molar-refractivity contribution in [2.24, 2.45) is 7.05 Å². The largest absolute Gasteiger partial charge is 0.496 e. The standard InChI is InChI=1S/C21H19N7O3/c1-27-17(9-15(25-27)14-5-3-4-6-18(14)30-2)21(29)28-11-13(12-28)20-24-19(26-31-20)16-10-22-7-8-23-16/h3-10,13H,11-12H2,1-2H3. The number of para-hydroxylation sites is 1. The highest BCUT2D eigenvalue weighted by Crippen LogP contribution is 2.31. The van der Waals surface area contributed by atoms with Gasteiger partial charge < -0.3 is 14.2 Å². The van der Waals surface area contributed by atoms with E-state index in [0.717, 1.165) is 5.56 Å². The van der Waals surface area contributed by atoms with E-state index in [0.29, 0.717) is 47.6 Å². The van der Waals surface area contributed by atoms with Gasteiger partial charge >= 0.3 is 0 Å². The summed E-state index contributed by atoms with van der Waals surface area (Å²) in [5, 5.41) is 8.47. The van der Waals surface area contributed by atoms with Crippen LogP contribution in [0.1, 0.15) is 22.3 Å². The first kappa shape index (κ1) is 18.9. The Morgan fingerprint density at radius 3 is 2.81 bits per heavy atom. The summed E-state index contributed by atoms with van der Waals surface area (Å²) in [5.41, 5.74) is 2.57. The Bertz CT molecular complexity index is 1230. The third-order valence-electron chi connectivity index (χ3n) is 5.23. The van der Waals surface area contributed by atoms with Gasteiger partial charge in [0, 0.05) is 38.1 Å². The second-order valence-corrected chi connectivity index (χ2v) is 7.19. The number of aryl methyl sites for hydroxylation is 1. The van der Waals surface area contributed by atoms with Gasteiger partial charge in [0.05, 0.1) is 24.9 Å². The predicted molar refractivity (Wildman–Crippen MR) is 109 cm³/mol. The molecule has 0 saturated carbocycles. The van der Waals surface area contributed by atoms with Gasteiger partial charge in [-0.25, -0.2) is 4.98 Å². The summed E-state index contributed by atoms with van der Waals surface area (Å²) in [6.45, 7) is 0.992. The molecule has 0 atom stereocenters.